The second-order valence-corrected chi connectivity index (χ2v) is 4.92. The second kappa shape index (κ2) is 7.47. The van der Waals surface area contributed by atoms with Crippen molar-refractivity contribution < 1.29 is 14.3 Å². The van der Waals surface area contributed by atoms with Gasteiger partial charge in [-0.1, -0.05) is 35.9 Å². The maximum Gasteiger partial charge on any atom is 0.271 e. The summed E-state index contributed by atoms with van der Waals surface area (Å²) in [6.45, 7) is 0. The molecule has 0 saturated heterocycles. The van der Waals surface area contributed by atoms with Gasteiger partial charge in [0.25, 0.3) is 5.91 Å². The number of amides is 2. The van der Waals surface area contributed by atoms with Gasteiger partial charge in [-0.25, -0.2) is 0 Å². The molecule has 0 bridgehead atoms. The summed E-state index contributed by atoms with van der Waals surface area (Å²) in [6, 6.07) is 13.7. The highest BCUT2D eigenvalue weighted by Crippen LogP contribution is 2.14. The number of rotatable bonds is 4. The third-order valence-electron chi connectivity index (χ3n) is 2.93. The lowest BCUT2D eigenvalue weighted by Gasteiger charge is -2.09. The van der Waals surface area contributed by atoms with E-state index < -0.39 is 5.91 Å². The summed E-state index contributed by atoms with van der Waals surface area (Å²) in [5, 5.41) is 0.321. The molecule has 2 amide bonds. The van der Waals surface area contributed by atoms with Gasteiger partial charge in [0.15, 0.2) is 0 Å². The smallest absolute Gasteiger partial charge is 0.271 e. The Morgan fingerprint density at radius 3 is 2.59 bits per heavy atom. The zero-order chi connectivity index (χ0) is 15.9. The van der Waals surface area contributed by atoms with Crippen molar-refractivity contribution in [2.24, 2.45) is 0 Å². The fraction of sp³-hybridized carbons (Fsp3) is 0.125. The van der Waals surface area contributed by atoms with Crippen LogP contribution in [0.25, 0.3) is 0 Å². The highest BCUT2D eigenvalue weighted by Gasteiger charge is 2.11. The van der Waals surface area contributed by atoms with Crippen LogP contribution in [0.1, 0.15) is 15.9 Å². The van der Waals surface area contributed by atoms with E-state index in [-0.39, 0.29) is 12.3 Å². The number of methoxy groups -OCH3 is 1. The number of carbonyl (C=O) groups is 2. The van der Waals surface area contributed by atoms with Gasteiger partial charge in [0.05, 0.1) is 24.1 Å². The molecule has 0 saturated carbocycles. The van der Waals surface area contributed by atoms with E-state index in [1.807, 2.05) is 0 Å². The fourth-order valence-corrected chi connectivity index (χ4v) is 2.07. The Balaban J connectivity index is 1.90. The predicted molar refractivity (Wildman–Crippen MR) is 83.8 cm³/mol. The van der Waals surface area contributed by atoms with Gasteiger partial charge >= 0.3 is 0 Å². The van der Waals surface area contributed by atoms with Crippen molar-refractivity contribution in [2.45, 2.75) is 6.42 Å². The Morgan fingerprint density at radius 1 is 1.09 bits per heavy atom. The van der Waals surface area contributed by atoms with Gasteiger partial charge in [0.2, 0.25) is 5.91 Å². The van der Waals surface area contributed by atoms with Crippen molar-refractivity contribution >= 4 is 23.4 Å². The highest BCUT2D eigenvalue weighted by atomic mass is 35.5. The summed E-state index contributed by atoms with van der Waals surface area (Å²) in [6.07, 6.45) is 0.125. The Kier molecular flexibility index (Phi) is 5.38. The van der Waals surface area contributed by atoms with Gasteiger partial charge in [0.1, 0.15) is 5.75 Å². The molecule has 0 aromatic heterocycles. The first-order valence-electron chi connectivity index (χ1n) is 6.57. The van der Waals surface area contributed by atoms with Crippen molar-refractivity contribution in [2.75, 3.05) is 7.11 Å². The van der Waals surface area contributed by atoms with E-state index in [4.69, 9.17) is 16.3 Å². The minimum Gasteiger partial charge on any atom is -0.497 e. The highest BCUT2D eigenvalue weighted by molar-refractivity contribution is 6.33. The summed E-state index contributed by atoms with van der Waals surface area (Å²) >= 11 is 5.91. The maximum absolute atomic E-state index is 11.9. The van der Waals surface area contributed by atoms with Gasteiger partial charge < -0.3 is 4.74 Å². The molecule has 0 atom stereocenters. The van der Waals surface area contributed by atoms with Crippen LogP contribution in [-0.2, 0) is 11.2 Å². The van der Waals surface area contributed by atoms with Crippen LogP contribution < -0.4 is 15.6 Å². The Labute approximate surface area is 133 Å². The molecule has 5 nitrogen and oxygen atoms in total. The predicted octanol–water partition coefficient (Wildman–Crippen LogP) is 2.35. The van der Waals surface area contributed by atoms with E-state index in [0.29, 0.717) is 16.3 Å². The lowest BCUT2D eigenvalue weighted by atomic mass is 10.1. The molecule has 2 rings (SSSR count). The number of hydrogen-bond donors (Lipinski definition) is 2. The maximum atomic E-state index is 11.9. The lowest BCUT2D eigenvalue weighted by Crippen LogP contribution is -2.42. The summed E-state index contributed by atoms with van der Waals surface area (Å²) < 4.78 is 5.09. The van der Waals surface area contributed by atoms with Crippen molar-refractivity contribution in [1.29, 1.82) is 0 Å². The summed E-state index contributed by atoms with van der Waals surface area (Å²) in [5.41, 5.74) is 5.77. The van der Waals surface area contributed by atoms with Crippen LogP contribution in [0.15, 0.2) is 48.5 Å². The van der Waals surface area contributed by atoms with Crippen molar-refractivity contribution in [3.8, 4) is 5.75 Å². The molecule has 114 valence electrons. The number of benzene rings is 2. The van der Waals surface area contributed by atoms with Crippen molar-refractivity contribution in [3.05, 3.63) is 64.7 Å². The molecule has 2 aromatic rings. The monoisotopic (exact) mass is 318 g/mol. The molecule has 2 N–H and O–H groups in total. The number of nitrogens with one attached hydrogen (secondary N) is 2. The van der Waals surface area contributed by atoms with Crippen LogP contribution in [0.4, 0.5) is 0 Å². The average molecular weight is 319 g/mol. The minimum atomic E-state index is -0.468. The van der Waals surface area contributed by atoms with E-state index in [9.17, 15) is 9.59 Å². The normalized spacial score (nSPS) is 9.91. The number of carbonyl (C=O) groups excluding carboxylic acids is 2. The molecule has 0 aliphatic rings. The third-order valence-corrected chi connectivity index (χ3v) is 3.26. The number of hydrazine groups is 1. The largest absolute Gasteiger partial charge is 0.497 e. The van der Waals surface area contributed by atoms with Gasteiger partial charge in [-0.3, -0.25) is 20.4 Å². The van der Waals surface area contributed by atoms with Gasteiger partial charge in [-0.15, -0.1) is 0 Å². The Bertz CT molecular complexity index is 689. The van der Waals surface area contributed by atoms with E-state index >= 15 is 0 Å². The molecule has 0 aliphatic carbocycles. The topological polar surface area (TPSA) is 67.4 Å². The third kappa shape index (κ3) is 4.23. The fourth-order valence-electron chi connectivity index (χ4n) is 1.85. The van der Waals surface area contributed by atoms with Crippen molar-refractivity contribution in [1.82, 2.24) is 10.9 Å². The molecule has 2 aromatic carbocycles. The average Bonchev–Trinajstić information content (AvgIpc) is 2.53. The van der Waals surface area contributed by atoms with Crippen LogP contribution in [0.3, 0.4) is 0 Å². The zero-order valence-electron chi connectivity index (χ0n) is 11.9. The summed E-state index contributed by atoms with van der Waals surface area (Å²) in [5.74, 6) is -0.136. The van der Waals surface area contributed by atoms with Crippen LogP contribution in [0.5, 0.6) is 5.75 Å². The Hall–Kier alpha value is -2.53. The van der Waals surface area contributed by atoms with E-state index in [2.05, 4.69) is 10.9 Å². The van der Waals surface area contributed by atoms with Gasteiger partial charge in [-0.2, -0.15) is 0 Å². The minimum absolute atomic E-state index is 0.125. The molecule has 0 heterocycles. The summed E-state index contributed by atoms with van der Waals surface area (Å²) in [7, 11) is 1.56. The molecule has 0 radical (unpaired) electrons. The molecule has 22 heavy (non-hydrogen) atoms. The van der Waals surface area contributed by atoms with E-state index in [0.717, 1.165) is 5.56 Å². The van der Waals surface area contributed by atoms with Gasteiger partial charge in [-0.05, 0) is 29.8 Å². The SMILES string of the molecule is COc1cccc(CC(=O)NNC(=O)c2ccccc2Cl)c1. The number of ether oxygens (including phenoxy) is 1. The first kappa shape index (κ1) is 15.9. The van der Waals surface area contributed by atoms with Crippen LogP contribution in [-0.4, -0.2) is 18.9 Å². The zero-order valence-corrected chi connectivity index (χ0v) is 12.7. The summed E-state index contributed by atoms with van der Waals surface area (Å²) in [4.78, 5) is 23.7. The lowest BCUT2D eigenvalue weighted by molar-refractivity contribution is -0.121. The molecular formula is C16H15ClN2O3. The van der Waals surface area contributed by atoms with E-state index in [1.165, 1.54) is 0 Å². The van der Waals surface area contributed by atoms with Crippen LogP contribution in [0.2, 0.25) is 5.02 Å². The quantitative estimate of drug-likeness (QED) is 0.850. The number of hydrogen-bond acceptors (Lipinski definition) is 3. The first-order valence-corrected chi connectivity index (χ1v) is 6.94. The number of halogens is 1. The molecular weight excluding hydrogens is 304 g/mol. The molecule has 0 fully saturated rings. The standard InChI is InChI=1S/C16H15ClN2O3/c1-22-12-6-4-5-11(9-12)10-15(20)18-19-16(21)13-7-2-3-8-14(13)17/h2-9H,10H2,1H3,(H,18,20)(H,19,21). The molecule has 6 heteroatoms. The first-order chi connectivity index (χ1) is 10.6. The Morgan fingerprint density at radius 2 is 1.86 bits per heavy atom. The van der Waals surface area contributed by atoms with E-state index in [1.54, 1.807) is 55.6 Å². The second-order valence-electron chi connectivity index (χ2n) is 4.51. The van der Waals surface area contributed by atoms with Crippen LogP contribution in [0, 0.1) is 0 Å². The van der Waals surface area contributed by atoms with Crippen LogP contribution >= 0.6 is 11.6 Å². The molecule has 0 aliphatic heterocycles. The van der Waals surface area contributed by atoms with Gasteiger partial charge in [0, 0.05) is 0 Å². The van der Waals surface area contributed by atoms with Crippen molar-refractivity contribution in [3.63, 3.8) is 0 Å². The molecule has 0 spiro atoms. The molecule has 0 unspecified atom stereocenters.